The van der Waals surface area contributed by atoms with Gasteiger partial charge in [0.2, 0.25) is 0 Å². The first-order valence-electron chi connectivity index (χ1n) is 13.4. The van der Waals surface area contributed by atoms with Crippen LogP contribution in [-0.2, 0) is 41.8 Å². The van der Waals surface area contributed by atoms with E-state index in [0.717, 1.165) is 11.1 Å². The molecule has 42 heavy (non-hydrogen) atoms. The average molecular weight is 621 g/mol. The van der Waals surface area contributed by atoms with Crippen molar-refractivity contribution >= 4 is 45.7 Å². The Labute approximate surface area is 255 Å². The number of benzene rings is 2. The second kappa shape index (κ2) is 16.9. The summed E-state index contributed by atoms with van der Waals surface area (Å²) in [6.07, 6.45) is -1.54. The van der Waals surface area contributed by atoms with Crippen LogP contribution in [0.1, 0.15) is 52.7 Å². The Morgan fingerprint density at radius 1 is 0.619 bits per heavy atom. The molecule has 0 saturated heterocycles. The van der Waals surface area contributed by atoms with Crippen molar-refractivity contribution < 1.29 is 38.1 Å². The maximum atomic E-state index is 12.8. The molecule has 0 heterocycles. The molecule has 1 unspecified atom stereocenters. The van der Waals surface area contributed by atoms with Gasteiger partial charge in [-0.1, -0.05) is 82.3 Å². The van der Waals surface area contributed by atoms with E-state index < -0.39 is 47.4 Å². The predicted molar refractivity (Wildman–Crippen MR) is 164 cm³/mol. The third kappa shape index (κ3) is 15.0. The van der Waals surface area contributed by atoms with Crippen molar-refractivity contribution in [1.29, 1.82) is 0 Å². The molecule has 2 amide bonds. The van der Waals surface area contributed by atoms with Crippen molar-refractivity contribution in [2.24, 2.45) is 0 Å². The molecule has 0 aliphatic carbocycles. The van der Waals surface area contributed by atoms with Gasteiger partial charge in [-0.15, -0.1) is 0 Å². The van der Waals surface area contributed by atoms with Crippen molar-refractivity contribution in [2.75, 3.05) is 11.5 Å². The lowest BCUT2D eigenvalue weighted by atomic mass is 10.2. The summed E-state index contributed by atoms with van der Waals surface area (Å²) in [6.45, 7) is 10.4. The van der Waals surface area contributed by atoms with Gasteiger partial charge in [-0.25, -0.2) is 19.2 Å². The van der Waals surface area contributed by atoms with Crippen LogP contribution < -0.4 is 10.6 Å². The highest BCUT2D eigenvalue weighted by molar-refractivity contribution is 8.76. The molecule has 2 atom stereocenters. The Morgan fingerprint density at radius 2 is 0.952 bits per heavy atom. The minimum Gasteiger partial charge on any atom is -0.458 e. The lowest BCUT2D eigenvalue weighted by Gasteiger charge is -2.25. The number of ether oxygens (including phenoxy) is 4. The summed E-state index contributed by atoms with van der Waals surface area (Å²) < 4.78 is 21.5. The Hall–Kier alpha value is -3.38. The number of hydrogen-bond acceptors (Lipinski definition) is 10. The summed E-state index contributed by atoms with van der Waals surface area (Å²) in [7, 11) is 2.44. The van der Waals surface area contributed by atoms with Crippen LogP contribution in [0.4, 0.5) is 9.59 Å². The highest BCUT2D eigenvalue weighted by Crippen LogP contribution is 2.25. The molecule has 2 aromatic carbocycles. The lowest BCUT2D eigenvalue weighted by Crippen LogP contribution is -2.46. The molecule has 2 rings (SSSR count). The Bertz CT molecular complexity index is 1060. The summed E-state index contributed by atoms with van der Waals surface area (Å²) in [6, 6.07) is 16.3. The normalized spacial score (nSPS) is 12.8. The summed E-state index contributed by atoms with van der Waals surface area (Å²) in [5.74, 6) is -1.03. The minimum atomic E-state index is -1.02. The number of rotatable bonds is 13. The van der Waals surface area contributed by atoms with E-state index in [4.69, 9.17) is 18.9 Å². The van der Waals surface area contributed by atoms with Gasteiger partial charge in [-0.3, -0.25) is 0 Å². The fourth-order valence-electron chi connectivity index (χ4n) is 3.13. The van der Waals surface area contributed by atoms with Gasteiger partial charge in [0.25, 0.3) is 0 Å². The minimum absolute atomic E-state index is 0.0409. The van der Waals surface area contributed by atoms with Crippen molar-refractivity contribution in [3.05, 3.63) is 71.8 Å². The zero-order valence-electron chi connectivity index (χ0n) is 24.8. The van der Waals surface area contributed by atoms with Crippen LogP contribution in [0.2, 0.25) is 0 Å². The number of alkyl carbamates (subject to hydrolysis) is 2. The first-order valence-corrected chi connectivity index (χ1v) is 15.9. The summed E-state index contributed by atoms with van der Waals surface area (Å²) in [5.41, 5.74) is 0.0622. The molecule has 230 valence electrons. The third-order valence-electron chi connectivity index (χ3n) is 4.95. The number of hydrogen-bond donors (Lipinski definition) is 2. The van der Waals surface area contributed by atoms with Gasteiger partial charge in [0.15, 0.2) is 0 Å². The molecule has 2 N–H and O–H groups in total. The fraction of sp³-hybridized carbons (Fsp3) is 0.467. The van der Waals surface area contributed by atoms with Gasteiger partial charge in [0.05, 0.1) is 0 Å². The van der Waals surface area contributed by atoms with Crippen molar-refractivity contribution in [3.63, 3.8) is 0 Å². The second-order valence-electron chi connectivity index (χ2n) is 11.2. The zero-order chi connectivity index (χ0) is 31.2. The number of amides is 2. The number of carbonyl (C=O) groups excluding carboxylic acids is 4. The smallest absolute Gasteiger partial charge is 0.408 e. The van der Waals surface area contributed by atoms with Crippen molar-refractivity contribution in [2.45, 2.75) is 78.0 Å². The van der Waals surface area contributed by atoms with Crippen molar-refractivity contribution in [1.82, 2.24) is 10.6 Å². The molecule has 0 radical (unpaired) electrons. The van der Waals surface area contributed by atoms with E-state index in [9.17, 15) is 19.2 Å². The predicted octanol–water partition coefficient (Wildman–Crippen LogP) is 5.64. The lowest BCUT2D eigenvalue weighted by molar-refractivity contribution is -0.157. The highest BCUT2D eigenvalue weighted by atomic mass is 33.1. The van der Waals surface area contributed by atoms with Crippen LogP contribution in [-0.4, -0.2) is 58.9 Å². The second-order valence-corrected chi connectivity index (χ2v) is 13.7. The maximum Gasteiger partial charge on any atom is 0.408 e. The largest absolute Gasteiger partial charge is 0.458 e. The van der Waals surface area contributed by atoms with E-state index in [1.165, 1.54) is 21.6 Å². The average Bonchev–Trinajstić information content (AvgIpc) is 2.91. The van der Waals surface area contributed by atoms with E-state index in [2.05, 4.69) is 10.6 Å². The first kappa shape index (κ1) is 34.8. The number of esters is 2. The molecular formula is C30H40N2O8S2. The van der Waals surface area contributed by atoms with Crippen LogP contribution in [0.5, 0.6) is 0 Å². The molecule has 12 heteroatoms. The summed E-state index contributed by atoms with van der Waals surface area (Å²) >= 11 is 0. The van der Waals surface area contributed by atoms with Crippen LogP contribution in [0.15, 0.2) is 60.7 Å². The van der Waals surface area contributed by atoms with E-state index in [1.54, 1.807) is 41.5 Å². The number of nitrogens with one attached hydrogen (secondary N) is 2. The molecule has 10 nitrogen and oxygen atoms in total. The van der Waals surface area contributed by atoms with Gasteiger partial charge >= 0.3 is 24.1 Å². The van der Waals surface area contributed by atoms with Gasteiger partial charge in [-0.05, 0) is 52.7 Å². The monoisotopic (exact) mass is 620 g/mol. The maximum absolute atomic E-state index is 12.8. The summed E-state index contributed by atoms with van der Waals surface area (Å²) in [4.78, 5) is 50.6. The van der Waals surface area contributed by atoms with Gasteiger partial charge < -0.3 is 29.6 Å². The first-order chi connectivity index (χ1) is 19.7. The van der Waals surface area contributed by atoms with Crippen LogP contribution in [0, 0.1) is 0 Å². The molecule has 0 spiro atoms. The highest BCUT2D eigenvalue weighted by Gasteiger charge is 2.30. The molecule has 0 bridgehead atoms. The third-order valence-corrected chi connectivity index (χ3v) is 7.37. The molecule has 0 aliphatic heterocycles. The Balaban J connectivity index is 1.96. The topological polar surface area (TPSA) is 129 Å². The van der Waals surface area contributed by atoms with Gasteiger partial charge in [0.1, 0.15) is 36.5 Å². The van der Waals surface area contributed by atoms with Crippen molar-refractivity contribution in [3.8, 4) is 0 Å². The van der Waals surface area contributed by atoms with E-state index in [1.807, 2.05) is 60.7 Å². The van der Waals surface area contributed by atoms with E-state index in [0.29, 0.717) is 0 Å². The Morgan fingerprint density at radius 3 is 1.26 bits per heavy atom. The van der Waals surface area contributed by atoms with E-state index >= 15 is 0 Å². The molecular weight excluding hydrogens is 580 g/mol. The zero-order valence-corrected chi connectivity index (χ0v) is 26.5. The molecule has 0 aliphatic rings. The molecule has 0 saturated carbocycles. The molecule has 0 fully saturated rings. The van der Waals surface area contributed by atoms with E-state index in [-0.39, 0.29) is 24.7 Å². The standard InChI is InChI=1S/C30H40N2O8S2/c1-29(2,3)39-25(33)23(31-27(35)37-17-21-13-9-7-10-14-21)19-41-42-20-24(26(34)40-30(4,5)6)32-28(36)38-18-22-15-11-8-12-16-22/h7-16,23-24H,17-20H2,1-6H3,(H,31,35)(H,32,36)/t23-,24?/m0/s1. The molecule has 2 aromatic rings. The van der Waals surface area contributed by atoms with Crippen LogP contribution >= 0.6 is 21.6 Å². The quantitative estimate of drug-likeness (QED) is 0.126. The van der Waals surface area contributed by atoms with Crippen LogP contribution in [0.3, 0.4) is 0 Å². The number of carbonyl (C=O) groups is 4. The van der Waals surface area contributed by atoms with Gasteiger partial charge in [-0.2, -0.15) is 0 Å². The van der Waals surface area contributed by atoms with Crippen LogP contribution in [0.25, 0.3) is 0 Å². The SMILES string of the molecule is CC(C)(C)OC(=O)C(CSSC[C@H](NC(=O)OCc1ccccc1)C(=O)OC(C)(C)C)NC(=O)OCc1ccccc1. The van der Waals surface area contributed by atoms with Gasteiger partial charge in [0, 0.05) is 11.5 Å². The summed E-state index contributed by atoms with van der Waals surface area (Å²) in [5, 5.41) is 5.13. The molecule has 0 aromatic heterocycles. The Kier molecular flexibility index (Phi) is 14.0. The fourth-order valence-corrected chi connectivity index (χ4v) is 5.43.